The van der Waals surface area contributed by atoms with Gasteiger partial charge in [-0.25, -0.2) is 24.4 Å². The summed E-state index contributed by atoms with van der Waals surface area (Å²) in [5.74, 6) is -0.847. The first-order valence-corrected chi connectivity index (χ1v) is 12.5. The highest BCUT2D eigenvalue weighted by Gasteiger charge is 2.36. The van der Waals surface area contributed by atoms with Gasteiger partial charge in [0, 0.05) is 6.08 Å². The van der Waals surface area contributed by atoms with Crippen molar-refractivity contribution in [2.75, 3.05) is 18.7 Å². The summed E-state index contributed by atoms with van der Waals surface area (Å²) in [7, 11) is -3.83. The number of rotatable bonds is 10. The molecule has 35 heavy (non-hydrogen) atoms. The molecule has 0 spiro atoms. The second kappa shape index (κ2) is 10.5. The molecule has 3 aromatic rings. The van der Waals surface area contributed by atoms with Crippen molar-refractivity contribution in [3.05, 3.63) is 54.9 Å². The van der Waals surface area contributed by atoms with Crippen LogP contribution in [0.1, 0.15) is 20.1 Å². The fourth-order valence-electron chi connectivity index (χ4n) is 3.30. The molecule has 3 N–H and O–H groups in total. The maximum atomic E-state index is 14.8. The van der Waals surface area contributed by atoms with Gasteiger partial charge in [-0.2, -0.15) is 0 Å². The van der Waals surface area contributed by atoms with E-state index in [1.54, 1.807) is 37.3 Å². The van der Waals surface area contributed by atoms with Gasteiger partial charge >= 0.3 is 13.5 Å². The number of anilines is 1. The third-order valence-electron chi connectivity index (χ3n) is 4.87. The molecular weight excluding hydrogens is 482 g/mol. The lowest BCUT2D eigenvalue weighted by atomic mass is 10.3. The number of nitrogens with zero attached hydrogens (tertiary/aromatic N) is 4. The molecule has 0 radical (unpaired) electrons. The first-order chi connectivity index (χ1) is 16.8. The topological polar surface area (TPSA) is 153 Å². The predicted molar refractivity (Wildman–Crippen MR) is 123 cm³/mol. The zero-order valence-electron chi connectivity index (χ0n) is 18.9. The van der Waals surface area contributed by atoms with E-state index >= 15 is 0 Å². The van der Waals surface area contributed by atoms with Crippen molar-refractivity contribution in [2.45, 2.75) is 32.4 Å². The van der Waals surface area contributed by atoms with Gasteiger partial charge in [-0.15, -0.1) is 0 Å². The molecule has 0 aliphatic carbocycles. The predicted octanol–water partition coefficient (Wildman–Crippen LogP) is 2.90. The van der Waals surface area contributed by atoms with Crippen LogP contribution in [0.4, 0.5) is 10.2 Å². The second-order valence-corrected chi connectivity index (χ2v) is 9.51. The molecular formula is C21H24FN6O6P. The van der Waals surface area contributed by atoms with E-state index in [4.69, 9.17) is 24.5 Å². The van der Waals surface area contributed by atoms with Crippen LogP contribution in [-0.4, -0.2) is 50.8 Å². The van der Waals surface area contributed by atoms with Gasteiger partial charge in [-0.05, 0) is 26.0 Å². The summed E-state index contributed by atoms with van der Waals surface area (Å²) < 4.78 is 51.5. The first-order valence-electron chi connectivity index (χ1n) is 10.6. The first kappa shape index (κ1) is 24.7. The molecule has 0 fully saturated rings. The Bertz CT molecular complexity index is 1270. The number of aromatic nitrogens is 4. The van der Waals surface area contributed by atoms with Crippen LogP contribution >= 0.6 is 7.52 Å². The highest BCUT2D eigenvalue weighted by molar-refractivity contribution is 7.57. The van der Waals surface area contributed by atoms with Crippen LogP contribution in [0.2, 0.25) is 0 Å². The van der Waals surface area contributed by atoms with Crippen molar-refractivity contribution in [3.63, 3.8) is 0 Å². The molecule has 0 amide bonds. The summed E-state index contributed by atoms with van der Waals surface area (Å²) in [5.41, 5.74) is 6.35. The monoisotopic (exact) mass is 506 g/mol. The van der Waals surface area contributed by atoms with Crippen LogP contribution in [0.3, 0.4) is 0 Å². The lowest BCUT2D eigenvalue weighted by Gasteiger charge is -2.24. The van der Waals surface area contributed by atoms with Gasteiger partial charge in [-0.1, -0.05) is 18.2 Å². The van der Waals surface area contributed by atoms with E-state index in [-0.39, 0.29) is 23.8 Å². The third-order valence-corrected chi connectivity index (χ3v) is 6.64. The summed E-state index contributed by atoms with van der Waals surface area (Å²) >= 11 is 0. The number of benzene rings is 1. The Hall–Kier alpha value is -3.38. The molecule has 0 saturated carbocycles. The van der Waals surface area contributed by atoms with E-state index < -0.39 is 44.2 Å². The highest BCUT2D eigenvalue weighted by atomic mass is 31.2. The number of nitrogens with one attached hydrogen (secondary N) is 1. The highest BCUT2D eigenvalue weighted by Crippen LogP contribution is 2.45. The summed E-state index contributed by atoms with van der Waals surface area (Å²) in [5, 5.41) is 2.65. The van der Waals surface area contributed by atoms with E-state index in [1.807, 2.05) is 0 Å². The van der Waals surface area contributed by atoms with E-state index in [0.717, 1.165) is 6.08 Å². The molecule has 0 bridgehead atoms. The van der Waals surface area contributed by atoms with Crippen LogP contribution < -0.4 is 15.3 Å². The fraction of sp³-hybridized carbons (Fsp3) is 0.333. The fourth-order valence-corrected chi connectivity index (χ4v) is 4.98. The van der Waals surface area contributed by atoms with Crippen molar-refractivity contribution in [1.82, 2.24) is 24.6 Å². The van der Waals surface area contributed by atoms with Crippen molar-refractivity contribution in [1.29, 1.82) is 0 Å². The van der Waals surface area contributed by atoms with Crippen LogP contribution in [0.5, 0.6) is 5.75 Å². The van der Waals surface area contributed by atoms with Crippen molar-refractivity contribution in [2.24, 2.45) is 0 Å². The smallest absolute Gasteiger partial charge is 0.342 e. The van der Waals surface area contributed by atoms with Crippen LogP contribution in [0.15, 0.2) is 54.9 Å². The Morgan fingerprint density at radius 3 is 2.83 bits per heavy atom. The van der Waals surface area contributed by atoms with Gasteiger partial charge in [0.2, 0.25) is 0 Å². The number of hydrogen-bond donors (Lipinski definition) is 2. The molecule has 1 aliphatic rings. The summed E-state index contributed by atoms with van der Waals surface area (Å²) in [6.07, 6.45) is 0.676. The lowest BCUT2D eigenvalue weighted by Crippen LogP contribution is -2.36. The Kier molecular flexibility index (Phi) is 7.41. The number of para-hydroxylation sites is 1. The molecule has 1 aliphatic heterocycles. The minimum absolute atomic E-state index is 0.143. The molecule has 4 atom stereocenters. The van der Waals surface area contributed by atoms with Gasteiger partial charge in [0.05, 0.1) is 12.9 Å². The number of nitrogen functional groups attached to an aromatic ring is 1. The van der Waals surface area contributed by atoms with Gasteiger partial charge < -0.3 is 24.5 Å². The molecule has 14 heteroatoms. The van der Waals surface area contributed by atoms with Crippen molar-refractivity contribution < 1.29 is 32.5 Å². The standard InChI is InChI=1S/C21H24FN6O6P/c1-3-31-21(29)13(2)27-35(30,34-14-7-5-4-6-8-14)12-32-16-9-15(22)20(33-16)28-11-26-17-18(23)24-10-25-19(17)28/h4-11,13,16,20H,3,12H2,1-2H3,(H,27,30)(H2,23,24,25)/t13?,16?,20?,35-/m0/s1. The largest absolute Gasteiger partial charge is 0.465 e. The number of hydrogen-bond acceptors (Lipinski definition) is 10. The third kappa shape index (κ3) is 5.65. The SMILES string of the molecule is CCOC(=O)C(C)N[P@](=O)(COC1C=C(F)C(n2cnc3c(N)ncnc32)O1)Oc1ccccc1. The van der Waals surface area contributed by atoms with Gasteiger partial charge in [0.15, 0.2) is 36.2 Å². The maximum absolute atomic E-state index is 14.8. The molecule has 1 aromatic carbocycles. The number of ether oxygens (including phenoxy) is 3. The van der Waals surface area contributed by atoms with Gasteiger partial charge in [-0.3, -0.25) is 13.9 Å². The minimum Gasteiger partial charge on any atom is -0.465 e. The Balaban J connectivity index is 1.47. The van der Waals surface area contributed by atoms with E-state index in [0.29, 0.717) is 5.52 Å². The number of imidazole rings is 1. The zero-order valence-corrected chi connectivity index (χ0v) is 19.8. The number of fused-ring (bicyclic) bond motifs is 1. The Morgan fingerprint density at radius 2 is 2.09 bits per heavy atom. The number of nitrogens with two attached hydrogens (primary N) is 1. The van der Waals surface area contributed by atoms with Crippen molar-refractivity contribution in [3.8, 4) is 5.75 Å². The van der Waals surface area contributed by atoms with E-state index in [2.05, 4.69) is 20.0 Å². The quantitative estimate of drug-likeness (QED) is 0.308. The Labute approximate surface area is 199 Å². The van der Waals surface area contributed by atoms with Crippen LogP contribution in [0, 0.1) is 0 Å². The minimum atomic E-state index is -3.83. The summed E-state index contributed by atoms with van der Waals surface area (Å²) in [6.45, 7) is 3.30. The Morgan fingerprint density at radius 1 is 1.31 bits per heavy atom. The summed E-state index contributed by atoms with van der Waals surface area (Å²) in [6, 6.07) is 7.40. The molecule has 2 aromatic heterocycles. The molecule has 186 valence electrons. The summed E-state index contributed by atoms with van der Waals surface area (Å²) in [4.78, 5) is 24.1. The normalized spacial score (nSPS) is 20.3. The average molecular weight is 506 g/mol. The molecule has 0 saturated heterocycles. The number of halogens is 1. The molecule has 3 heterocycles. The lowest BCUT2D eigenvalue weighted by molar-refractivity contribution is -0.144. The van der Waals surface area contributed by atoms with E-state index in [9.17, 15) is 13.8 Å². The maximum Gasteiger partial charge on any atom is 0.342 e. The van der Waals surface area contributed by atoms with Gasteiger partial charge in [0.1, 0.15) is 23.6 Å². The average Bonchev–Trinajstić information content (AvgIpc) is 3.42. The molecule has 3 unspecified atom stereocenters. The number of carbonyl (C=O) groups is 1. The molecule has 4 rings (SSSR count). The van der Waals surface area contributed by atoms with Crippen LogP contribution in [0.25, 0.3) is 11.2 Å². The second-order valence-electron chi connectivity index (χ2n) is 7.47. The van der Waals surface area contributed by atoms with Crippen LogP contribution in [-0.2, 0) is 23.6 Å². The number of esters is 1. The van der Waals surface area contributed by atoms with Crippen molar-refractivity contribution >= 4 is 30.5 Å². The molecule has 12 nitrogen and oxygen atoms in total. The number of carbonyl (C=O) groups excluding carboxylic acids is 1. The van der Waals surface area contributed by atoms with E-state index in [1.165, 1.54) is 24.1 Å². The zero-order chi connectivity index (χ0) is 25.0. The van der Waals surface area contributed by atoms with Gasteiger partial charge in [0.25, 0.3) is 0 Å².